The number of aromatic nitrogens is 2. The molecule has 0 atom stereocenters. The number of fused-ring (bicyclic) bond motifs is 2. The monoisotopic (exact) mass is 370 g/mol. The van der Waals surface area contributed by atoms with Gasteiger partial charge in [-0.2, -0.15) is 0 Å². The fraction of sp³-hybridized carbons (Fsp3) is 0.350. The van der Waals surface area contributed by atoms with E-state index in [0.29, 0.717) is 0 Å². The van der Waals surface area contributed by atoms with Gasteiger partial charge in [-0.3, -0.25) is 4.79 Å². The molecule has 0 saturated heterocycles. The minimum Gasteiger partial charge on any atom is -0.336 e. The first-order valence-electron chi connectivity index (χ1n) is 8.85. The number of hydrogen-bond acceptors (Lipinski definition) is 3. The second-order valence-corrected chi connectivity index (χ2v) is 8.23. The third-order valence-electron chi connectivity index (χ3n) is 4.78. The molecule has 0 aliphatic heterocycles. The molecule has 0 unspecified atom stereocenters. The Morgan fingerprint density at radius 2 is 1.68 bits per heavy atom. The van der Waals surface area contributed by atoms with Crippen molar-refractivity contribution in [3.05, 3.63) is 45.9 Å². The van der Waals surface area contributed by atoms with Crippen LogP contribution in [0.2, 0.25) is 0 Å². The zero-order valence-corrected chi connectivity index (χ0v) is 16.5. The van der Waals surface area contributed by atoms with E-state index >= 15 is 0 Å². The Morgan fingerprint density at radius 3 is 2.44 bits per heavy atom. The summed E-state index contributed by atoms with van der Waals surface area (Å²) in [7, 11) is 0. The summed E-state index contributed by atoms with van der Waals surface area (Å²) in [6.07, 6.45) is 2.09. The number of rotatable bonds is 6. The predicted octanol–water partition coefficient (Wildman–Crippen LogP) is 6.08. The summed E-state index contributed by atoms with van der Waals surface area (Å²) < 4.78 is 4.51. The molecule has 4 heterocycles. The van der Waals surface area contributed by atoms with Crippen molar-refractivity contribution in [2.45, 2.75) is 46.7 Å². The van der Waals surface area contributed by atoms with Gasteiger partial charge in [-0.15, -0.1) is 22.7 Å². The van der Waals surface area contributed by atoms with E-state index in [1.165, 1.54) is 15.0 Å². The predicted molar refractivity (Wildman–Crippen MR) is 108 cm³/mol. The summed E-state index contributed by atoms with van der Waals surface area (Å²) in [5, 5.41) is 6.48. The number of thiophene rings is 2. The van der Waals surface area contributed by atoms with Gasteiger partial charge in [-0.1, -0.05) is 13.8 Å². The average molecular weight is 371 g/mol. The normalized spacial score (nSPS) is 11.8. The molecule has 0 spiro atoms. The molecule has 0 N–H and O–H groups in total. The lowest BCUT2D eigenvalue weighted by Gasteiger charge is -2.09. The lowest BCUT2D eigenvalue weighted by atomic mass is 10.1. The fourth-order valence-corrected chi connectivity index (χ4v) is 5.61. The molecule has 130 valence electrons. The van der Waals surface area contributed by atoms with Gasteiger partial charge in [0.2, 0.25) is 5.78 Å². The maximum atomic E-state index is 13.5. The molecular formula is C20H22N2OS2. The number of carbonyl (C=O) groups excluding carboxylic acids is 1. The Hall–Kier alpha value is -1.85. The Kier molecular flexibility index (Phi) is 4.29. The van der Waals surface area contributed by atoms with Gasteiger partial charge >= 0.3 is 0 Å². The molecule has 0 saturated carbocycles. The van der Waals surface area contributed by atoms with Crippen molar-refractivity contribution in [3.8, 4) is 0 Å². The molecule has 0 fully saturated rings. The largest absolute Gasteiger partial charge is 0.336 e. The SMILES string of the molecule is CCCn1c(C(=O)c2c(C)n(CCC)c3sccc23)cc2ccsc21. The number of ketones is 1. The first kappa shape index (κ1) is 16.6. The summed E-state index contributed by atoms with van der Waals surface area (Å²) in [5.41, 5.74) is 2.81. The van der Waals surface area contributed by atoms with Crippen LogP contribution >= 0.6 is 22.7 Å². The van der Waals surface area contributed by atoms with E-state index in [1.807, 2.05) is 0 Å². The molecule has 4 rings (SSSR count). The second-order valence-electron chi connectivity index (χ2n) is 6.44. The van der Waals surface area contributed by atoms with Gasteiger partial charge < -0.3 is 9.13 Å². The number of nitrogens with zero attached hydrogens (tertiary/aromatic N) is 2. The number of carbonyl (C=O) groups is 1. The molecule has 0 amide bonds. The van der Waals surface area contributed by atoms with Gasteiger partial charge in [0.25, 0.3) is 0 Å². The Bertz CT molecular complexity index is 1060. The van der Waals surface area contributed by atoms with Crippen LogP contribution in [-0.4, -0.2) is 14.9 Å². The molecule has 25 heavy (non-hydrogen) atoms. The van der Waals surface area contributed by atoms with E-state index in [0.717, 1.165) is 48.3 Å². The third-order valence-corrected chi connectivity index (χ3v) is 6.67. The average Bonchev–Trinajstić information content (AvgIpc) is 3.32. The zero-order chi connectivity index (χ0) is 17.6. The van der Waals surface area contributed by atoms with Gasteiger partial charge in [-0.25, -0.2) is 0 Å². The molecule has 5 heteroatoms. The quantitative estimate of drug-likeness (QED) is 0.378. The lowest BCUT2D eigenvalue weighted by molar-refractivity contribution is 0.103. The summed E-state index contributed by atoms with van der Waals surface area (Å²) in [5.74, 6) is 0.160. The van der Waals surface area contributed by atoms with E-state index < -0.39 is 0 Å². The minimum absolute atomic E-state index is 0.160. The van der Waals surface area contributed by atoms with E-state index in [-0.39, 0.29) is 5.78 Å². The van der Waals surface area contributed by atoms with Crippen LogP contribution in [0.3, 0.4) is 0 Å². The van der Waals surface area contributed by atoms with E-state index in [1.54, 1.807) is 22.7 Å². The van der Waals surface area contributed by atoms with Gasteiger partial charge in [-0.05, 0) is 48.7 Å². The second kappa shape index (κ2) is 6.46. The molecule has 0 aliphatic carbocycles. The molecule has 0 radical (unpaired) electrons. The molecule has 4 aromatic rings. The first-order chi connectivity index (χ1) is 12.2. The van der Waals surface area contributed by atoms with Gasteiger partial charge in [0.15, 0.2) is 0 Å². The topological polar surface area (TPSA) is 26.9 Å². The molecule has 0 aliphatic rings. The zero-order valence-electron chi connectivity index (χ0n) is 14.8. The molecule has 4 aromatic heterocycles. The summed E-state index contributed by atoms with van der Waals surface area (Å²) >= 11 is 3.45. The maximum absolute atomic E-state index is 13.5. The van der Waals surface area contributed by atoms with Crippen molar-refractivity contribution in [1.29, 1.82) is 0 Å². The Morgan fingerprint density at radius 1 is 1.00 bits per heavy atom. The highest BCUT2D eigenvalue weighted by atomic mass is 32.1. The van der Waals surface area contributed by atoms with Crippen molar-refractivity contribution in [2.75, 3.05) is 0 Å². The van der Waals surface area contributed by atoms with E-state index in [2.05, 4.69) is 58.9 Å². The minimum atomic E-state index is 0.160. The van der Waals surface area contributed by atoms with Crippen LogP contribution in [0, 0.1) is 6.92 Å². The Balaban J connectivity index is 1.91. The summed E-state index contributed by atoms with van der Waals surface area (Å²) in [6.45, 7) is 8.27. The van der Waals surface area contributed by atoms with Gasteiger partial charge in [0.1, 0.15) is 9.66 Å². The fourth-order valence-electron chi connectivity index (χ4n) is 3.70. The van der Waals surface area contributed by atoms with E-state index in [4.69, 9.17) is 0 Å². The van der Waals surface area contributed by atoms with Gasteiger partial charge in [0, 0.05) is 29.6 Å². The van der Waals surface area contributed by atoms with Crippen LogP contribution in [0.4, 0.5) is 0 Å². The number of hydrogen-bond donors (Lipinski definition) is 0. The van der Waals surface area contributed by atoms with Crippen LogP contribution in [0.1, 0.15) is 48.4 Å². The first-order valence-corrected chi connectivity index (χ1v) is 10.6. The highest BCUT2D eigenvalue weighted by Gasteiger charge is 2.25. The summed E-state index contributed by atoms with van der Waals surface area (Å²) in [4.78, 5) is 16.0. The lowest BCUT2D eigenvalue weighted by Crippen LogP contribution is -2.11. The van der Waals surface area contributed by atoms with Crippen molar-refractivity contribution in [2.24, 2.45) is 0 Å². The number of aryl methyl sites for hydroxylation is 2. The van der Waals surface area contributed by atoms with Crippen LogP contribution in [0.25, 0.3) is 20.4 Å². The summed E-state index contributed by atoms with van der Waals surface area (Å²) in [6, 6.07) is 6.28. The maximum Gasteiger partial charge on any atom is 0.211 e. The molecule has 0 bridgehead atoms. The molecule has 0 aromatic carbocycles. The third kappa shape index (κ3) is 2.49. The van der Waals surface area contributed by atoms with Crippen molar-refractivity contribution < 1.29 is 4.79 Å². The van der Waals surface area contributed by atoms with Crippen molar-refractivity contribution >= 4 is 48.9 Å². The molecular weight excluding hydrogens is 348 g/mol. The van der Waals surface area contributed by atoms with Crippen molar-refractivity contribution in [3.63, 3.8) is 0 Å². The van der Waals surface area contributed by atoms with Crippen molar-refractivity contribution in [1.82, 2.24) is 9.13 Å². The molecule has 3 nitrogen and oxygen atoms in total. The standard InChI is InChI=1S/C20H22N2OS2/c1-4-8-21-13(3)17(15-7-11-25-20(15)21)18(23)16-12-14-6-10-24-19(14)22(16)9-5-2/h6-7,10-12H,4-5,8-9H2,1-3H3. The van der Waals surface area contributed by atoms with Gasteiger partial charge in [0.05, 0.1) is 11.3 Å². The van der Waals surface area contributed by atoms with Crippen LogP contribution in [0.15, 0.2) is 29.0 Å². The van der Waals surface area contributed by atoms with Crippen LogP contribution in [0.5, 0.6) is 0 Å². The van der Waals surface area contributed by atoms with Crippen LogP contribution < -0.4 is 0 Å². The smallest absolute Gasteiger partial charge is 0.211 e. The highest BCUT2D eigenvalue weighted by molar-refractivity contribution is 7.17. The highest BCUT2D eigenvalue weighted by Crippen LogP contribution is 2.34. The van der Waals surface area contributed by atoms with Crippen LogP contribution in [-0.2, 0) is 13.1 Å². The van der Waals surface area contributed by atoms with E-state index in [9.17, 15) is 4.79 Å². The Labute approximate surface area is 155 Å².